The quantitative estimate of drug-likeness (QED) is 0.649. The summed E-state index contributed by atoms with van der Waals surface area (Å²) in [5, 5.41) is 9.02. The van der Waals surface area contributed by atoms with Gasteiger partial charge in [-0.1, -0.05) is 22.0 Å². The van der Waals surface area contributed by atoms with Crippen LogP contribution in [0.3, 0.4) is 0 Å². The second-order valence-electron chi connectivity index (χ2n) is 5.64. The van der Waals surface area contributed by atoms with Crippen LogP contribution in [-0.2, 0) is 17.9 Å². The van der Waals surface area contributed by atoms with Crippen molar-refractivity contribution in [2.45, 2.75) is 13.1 Å². The minimum absolute atomic E-state index is 0.00674. The predicted molar refractivity (Wildman–Crippen MR) is 97.7 cm³/mol. The number of ether oxygens (including phenoxy) is 1. The Bertz CT molecular complexity index is 1170. The lowest BCUT2D eigenvalue weighted by Gasteiger charge is -2.13. The lowest BCUT2D eigenvalue weighted by atomic mass is 10.2. The third-order valence-electron chi connectivity index (χ3n) is 3.91. The Morgan fingerprint density at radius 1 is 1.30 bits per heavy atom. The van der Waals surface area contributed by atoms with Crippen LogP contribution in [0.2, 0.25) is 0 Å². The molecule has 0 saturated heterocycles. The Labute approximate surface area is 159 Å². The van der Waals surface area contributed by atoms with E-state index in [4.69, 9.17) is 9.84 Å². The molecule has 0 bridgehead atoms. The van der Waals surface area contributed by atoms with Gasteiger partial charge in [-0.25, -0.2) is 18.7 Å². The van der Waals surface area contributed by atoms with Gasteiger partial charge in [-0.05, 0) is 18.2 Å². The zero-order valence-corrected chi connectivity index (χ0v) is 15.6. The molecule has 8 nitrogen and oxygen atoms in total. The van der Waals surface area contributed by atoms with E-state index in [1.165, 1.54) is 31.5 Å². The first-order valence-corrected chi connectivity index (χ1v) is 8.44. The Morgan fingerprint density at radius 3 is 2.67 bits per heavy atom. The maximum absolute atomic E-state index is 14.2. The molecule has 0 spiro atoms. The highest BCUT2D eigenvalue weighted by Gasteiger charge is 2.18. The third-order valence-corrected chi connectivity index (χ3v) is 4.40. The van der Waals surface area contributed by atoms with Crippen LogP contribution >= 0.6 is 15.9 Å². The monoisotopic (exact) mass is 437 g/mol. The fourth-order valence-corrected chi connectivity index (χ4v) is 2.96. The van der Waals surface area contributed by atoms with E-state index in [9.17, 15) is 18.8 Å². The van der Waals surface area contributed by atoms with Crippen molar-refractivity contribution in [3.8, 4) is 5.75 Å². The molecule has 1 N–H and O–H groups in total. The molecule has 0 saturated carbocycles. The van der Waals surface area contributed by atoms with Gasteiger partial charge in [-0.3, -0.25) is 14.2 Å². The summed E-state index contributed by atoms with van der Waals surface area (Å²) in [6.07, 6.45) is 1.32. The van der Waals surface area contributed by atoms with Crippen LogP contribution in [0.25, 0.3) is 11.0 Å². The fourth-order valence-electron chi connectivity index (χ4n) is 2.63. The minimum atomic E-state index is -1.36. The van der Waals surface area contributed by atoms with Gasteiger partial charge in [0.2, 0.25) is 0 Å². The fraction of sp³-hybridized carbons (Fsp3) is 0.176. The number of hydrogen-bond donors (Lipinski definition) is 1. The average Bonchev–Trinajstić information content (AvgIpc) is 2.63. The van der Waals surface area contributed by atoms with Crippen LogP contribution < -0.4 is 16.0 Å². The highest BCUT2D eigenvalue weighted by atomic mass is 79.9. The molecule has 0 aliphatic carbocycles. The van der Waals surface area contributed by atoms with Crippen molar-refractivity contribution in [1.82, 2.24) is 14.1 Å². The van der Waals surface area contributed by atoms with Crippen LogP contribution in [0.1, 0.15) is 5.56 Å². The van der Waals surface area contributed by atoms with E-state index in [1.54, 1.807) is 6.07 Å². The molecule has 0 radical (unpaired) electrons. The van der Waals surface area contributed by atoms with Gasteiger partial charge in [0.05, 0.1) is 25.2 Å². The van der Waals surface area contributed by atoms with E-state index in [2.05, 4.69) is 20.9 Å². The molecule has 0 aliphatic heterocycles. The van der Waals surface area contributed by atoms with E-state index in [0.717, 1.165) is 4.57 Å². The minimum Gasteiger partial charge on any atom is -0.495 e. The first-order chi connectivity index (χ1) is 12.8. The summed E-state index contributed by atoms with van der Waals surface area (Å²) in [4.78, 5) is 40.5. The van der Waals surface area contributed by atoms with Crippen molar-refractivity contribution < 1.29 is 19.0 Å². The van der Waals surface area contributed by atoms with Crippen LogP contribution in [0.15, 0.2) is 44.5 Å². The number of carboxylic acid groups (broad SMARTS) is 1. The van der Waals surface area contributed by atoms with Gasteiger partial charge in [0, 0.05) is 10.0 Å². The van der Waals surface area contributed by atoms with Crippen molar-refractivity contribution in [1.29, 1.82) is 0 Å². The number of aromatic nitrogens is 3. The summed E-state index contributed by atoms with van der Waals surface area (Å²) in [7, 11) is 1.38. The van der Waals surface area contributed by atoms with Gasteiger partial charge >= 0.3 is 11.7 Å². The number of fused-ring (bicyclic) bond motifs is 1. The molecular formula is C17H13BrFN3O5. The van der Waals surface area contributed by atoms with Crippen LogP contribution in [0.5, 0.6) is 5.75 Å². The standard InChI is InChI=1S/C17H13BrFN3O5/c1-27-11-5-12-15(20-6-11)21(7-9-2-3-10(18)4-13(9)19)17(26)22(16(12)25)8-14(23)24/h2-6H,7-8H2,1H3,(H,23,24). The zero-order valence-electron chi connectivity index (χ0n) is 14.0. The maximum Gasteiger partial charge on any atom is 0.333 e. The number of rotatable bonds is 5. The second-order valence-corrected chi connectivity index (χ2v) is 6.55. The lowest BCUT2D eigenvalue weighted by Crippen LogP contribution is -2.42. The number of benzene rings is 1. The number of hydrogen-bond acceptors (Lipinski definition) is 5. The maximum atomic E-state index is 14.2. The Morgan fingerprint density at radius 2 is 2.04 bits per heavy atom. The Balaban J connectivity index is 2.30. The van der Waals surface area contributed by atoms with Gasteiger partial charge in [0.15, 0.2) is 0 Å². The zero-order chi connectivity index (χ0) is 19.7. The Hall–Kier alpha value is -3.01. The number of pyridine rings is 1. The normalized spacial score (nSPS) is 10.9. The van der Waals surface area contributed by atoms with Crippen LogP contribution in [-0.4, -0.2) is 32.3 Å². The molecule has 0 amide bonds. The molecule has 140 valence electrons. The molecule has 2 aromatic heterocycles. The average molecular weight is 438 g/mol. The van der Waals surface area contributed by atoms with Crippen molar-refractivity contribution in [3.05, 3.63) is 67.2 Å². The molecule has 10 heteroatoms. The van der Waals surface area contributed by atoms with E-state index < -0.39 is 29.6 Å². The summed E-state index contributed by atoms with van der Waals surface area (Å²) in [5.74, 6) is -1.65. The molecule has 0 unspecified atom stereocenters. The first kappa shape index (κ1) is 18.8. The molecular weight excluding hydrogens is 425 g/mol. The van der Waals surface area contributed by atoms with Crippen molar-refractivity contribution in [2.75, 3.05) is 7.11 Å². The van der Waals surface area contributed by atoms with Gasteiger partial charge in [-0.2, -0.15) is 0 Å². The van der Waals surface area contributed by atoms with Crippen molar-refractivity contribution in [3.63, 3.8) is 0 Å². The van der Waals surface area contributed by atoms with E-state index in [-0.39, 0.29) is 28.9 Å². The topological polar surface area (TPSA) is 103 Å². The molecule has 3 aromatic rings. The van der Waals surface area contributed by atoms with Crippen molar-refractivity contribution >= 4 is 32.9 Å². The van der Waals surface area contributed by atoms with Crippen LogP contribution in [0.4, 0.5) is 4.39 Å². The molecule has 0 fully saturated rings. The van der Waals surface area contributed by atoms with Gasteiger partial charge in [0.1, 0.15) is 23.8 Å². The SMILES string of the molecule is COc1cnc2c(c1)c(=O)n(CC(=O)O)c(=O)n2Cc1ccc(Br)cc1F. The summed E-state index contributed by atoms with van der Waals surface area (Å²) in [5.41, 5.74) is -1.51. The Kier molecular flexibility index (Phi) is 5.08. The lowest BCUT2D eigenvalue weighted by molar-refractivity contribution is -0.137. The highest BCUT2D eigenvalue weighted by Crippen LogP contribution is 2.18. The number of carbonyl (C=O) groups is 1. The number of halogens is 2. The number of nitrogens with zero attached hydrogens (tertiary/aromatic N) is 3. The van der Waals surface area contributed by atoms with E-state index in [1.807, 2.05) is 0 Å². The number of methoxy groups -OCH3 is 1. The summed E-state index contributed by atoms with van der Waals surface area (Å²) < 4.78 is 21.4. The molecule has 2 heterocycles. The van der Waals surface area contributed by atoms with Gasteiger partial charge in [0.25, 0.3) is 5.56 Å². The van der Waals surface area contributed by atoms with E-state index >= 15 is 0 Å². The molecule has 27 heavy (non-hydrogen) atoms. The second kappa shape index (κ2) is 7.31. The number of carboxylic acids is 1. The largest absolute Gasteiger partial charge is 0.495 e. The first-order valence-electron chi connectivity index (χ1n) is 7.65. The summed E-state index contributed by atoms with van der Waals surface area (Å²) >= 11 is 3.15. The number of aliphatic carboxylic acids is 1. The molecule has 0 atom stereocenters. The molecule has 0 aliphatic rings. The third kappa shape index (κ3) is 3.61. The van der Waals surface area contributed by atoms with Gasteiger partial charge < -0.3 is 9.84 Å². The predicted octanol–water partition coefficient (Wildman–Crippen LogP) is 1.60. The molecule has 1 aromatic carbocycles. The summed E-state index contributed by atoms with van der Waals surface area (Å²) in [6, 6.07) is 5.69. The highest BCUT2D eigenvalue weighted by molar-refractivity contribution is 9.10. The van der Waals surface area contributed by atoms with E-state index in [0.29, 0.717) is 9.04 Å². The summed E-state index contributed by atoms with van der Waals surface area (Å²) in [6.45, 7) is -1.05. The molecule has 3 rings (SSSR count). The van der Waals surface area contributed by atoms with Gasteiger partial charge in [-0.15, -0.1) is 0 Å². The van der Waals surface area contributed by atoms with Crippen LogP contribution in [0, 0.1) is 5.82 Å². The smallest absolute Gasteiger partial charge is 0.333 e. The van der Waals surface area contributed by atoms with Crippen molar-refractivity contribution in [2.24, 2.45) is 0 Å².